The maximum absolute atomic E-state index is 12.3. The first-order valence-corrected chi connectivity index (χ1v) is 6.88. The predicted molar refractivity (Wildman–Crippen MR) is 73.1 cm³/mol. The molecule has 0 aromatic carbocycles. The standard InChI is InChI=1S/C14H21N3O2/c1-2-6-16-11-4-8-17(9-5-11)14(19)12-3-7-15-10-13(12)18/h3,7,10-11,16,18H,2,4-6,8-9H2,1H3. The molecule has 2 heterocycles. The van der Waals surface area contributed by atoms with Crippen molar-refractivity contribution in [2.75, 3.05) is 19.6 Å². The molecule has 0 spiro atoms. The van der Waals surface area contributed by atoms with Gasteiger partial charge >= 0.3 is 0 Å². The number of aromatic hydroxyl groups is 1. The Kier molecular flexibility index (Phi) is 4.74. The van der Waals surface area contributed by atoms with Crippen molar-refractivity contribution in [3.8, 4) is 5.75 Å². The number of piperidine rings is 1. The molecule has 0 bridgehead atoms. The average molecular weight is 263 g/mol. The number of nitrogens with zero attached hydrogens (tertiary/aromatic N) is 2. The Balaban J connectivity index is 1.91. The number of hydrogen-bond acceptors (Lipinski definition) is 4. The lowest BCUT2D eigenvalue weighted by Crippen LogP contribution is -2.45. The summed E-state index contributed by atoms with van der Waals surface area (Å²) in [5, 5.41) is 13.1. The Bertz CT molecular complexity index is 428. The largest absolute Gasteiger partial charge is 0.505 e. The van der Waals surface area contributed by atoms with Crippen LogP contribution in [0.3, 0.4) is 0 Å². The molecular weight excluding hydrogens is 242 g/mol. The number of pyridine rings is 1. The normalized spacial score (nSPS) is 16.6. The highest BCUT2D eigenvalue weighted by Gasteiger charge is 2.24. The summed E-state index contributed by atoms with van der Waals surface area (Å²) in [5.41, 5.74) is 0.343. The number of aromatic nitrogens is 1. The highest BCUT2D eigenvalue weighted by atomic mass is 16.3. The van der Waals surface area contributed by atoms with Gasteiger partial charge in [-0.15, -0.1) is 0 Å². The van der Waals surface area contributed by atoms with Crippen LogP contribution in [-0.2, 0) is 0 Å². The predicted octanol–water partition coefficient (Wildman–Crippen LogP) is 1.39. The summed E-state index contributed by atoms with van der Waals surface area (Å²) >= 11 is 0. The topological polar surface area (TPSA) is 65.5 Å². The minimum atomic E-state index is -0.103. The molecule has 1 aromatic heterocycles. The molecular formula is C14H21N3O2. The van der Waals surface area contributed by atoms with Crippen LogP contribution in [0.1, 0.15) is 36.5 Å². The maximum atomic E-state index is 12.3. The van der Waals surface area contributed by atoms with E-state index in [0.717, 1.165) is 38.9 Å². The van der Waals surface area contributed by atoms with Gasteiger partial charge in [0, 0.05) is 25.3 Å². The molecule has 1 fully saturated rings. The van der Waals surface area contributed by atoms with Gasteiger partial charge in [0.05, 0.1) is 11.8 Å². The number of amides is 1. The Morgan fingerprint density at radius 1 is 1.53 bits per heavy atom. The molecule has 1 saturated heterocycles. The molecule has 2 N–H and O–H groups in total. The molecule has 5 heteroatoms. The van der Waals surface area contributed by atoms with Crippen LogP contribution in [-0.4, -0.2) is 46.6 Å². The maximum Gasteiger partial charge on any atom is 0.257 e. The first-order chi connectivity index (χ1) is 9.22. The van der Waals surface area contributed by atoms with E-state index in [1.54, 1.807) is 11.0 Å². The molecule has 1 amide bonds. The summed E-state index contributed by atoms with van der Waals surface area (Å²) in [6, 6.07) is 2.08. The van der Waals surface area contributed by atoms with Crippen molar-refractivity contribution in [1.82, 2.24) is 15.2 Å². The zero-order chi connectivity index (χ0) is 13.7. The zero-order valence-electron chi connectivity index (χ0n) is 11.3. The Morgan fingerprint density at radius 3 is 2.89 bits per heavy atom. The van der Waals surface area contributed by atoms with Gasteiger partial charge in [-0.05, 0) is 31.9 Å². The smallest absolute Gasteiger partial charge is 0.257 e. The van der Waals surface area contributed by atoms with Crippen LogP contribution >= 0.6 is 0 Å². The highest BCUT2D eigenvalue weighted by molar-refractivity contribution is 5.96. The molecule has 104 valence electrons. The average Bonchev–Trinajstić information content (AvgIpc) is 2.45. The SMILES string of the molecule is CCCNC1CCN(C(=O)c2ccncc2O)CC1. The van der Waals surface area contributed by atoms with Crippen molar-refractivity contribution in [2.24, 2.45) is 0 Å². The Morgan fingerprint density at radius 2 is 2.26 bits per heavy atom. The van der Waals surface area contributed by atoms with Crippen molar-refractivity contribution in [3.05, 3.63) is 24.0 Å². The zero-order valence-corrected chi connectivity index (χ0v) is 11.3. The fraction of sp³-hybridized carbons (Fsp3) is 0.571. The van der Waals surface area contributed by atoms with Crippen LogP contribution in [0.15, 0.2) is 18.5 Å². The lowest BCUT2D eigenvalue weighted by molar-refractivity contribution is 0.0702. The van der Waals surface area contributed by atoms with Gasteiger partial charge in [-0.2, -0.15) is 0 Å². The molecule has 0 atom stereocenters. The van der Waals surface area contributed by atoms with E-state index in [1.807, 2.05) is 0 Å². The van der Waals surface area contributed by atoms with Crippen LogP contribution < -0.4 is 5.32 Å². The molecule has 5 nitrogen and oxygen atoms in total. The van der Waals surface area contributed by atoms with E-state index in [2.05, 4.69) is 17.2 Å². The van der Waals surface area contributed by atoms with Crippen LogP contribution in [0.25, 0.3) is 0 Å². The summed E-state index contributed by atoms with van der Waals surface area (Å²) in [6.07, 6.45) is 5.91. The Labute approximate surface area is 113 Å². The molecule has 0 saturated carbocycles. The molecule has 0 aliphatic carbocycles. The lowest BCUT2D eigenvalue weighted by atomic mass is 10.0. The van der Waals surface area contributed by atoms with Crippen LogP contribution in [0.5, 0.6) is 5.75 Å². The van der Waals surface area contributed by atoms with E-state index in [1.165, 1.54) is 12.4 Å². The summed E-state index contributed by atoms with van der Waals surface area (Å²) < 4.78 is 0. The monoisotopic (exact) mass is 263 g/mol. The van der Waals surface area contributed by atoms with Crippen molar-refractivity contribution in [3.63, 3.8) is 0 Å². The van der Waals surface area contributed by atoms with E-state index in [9.17, 15) is 9.90 Å². The van der Waals surface area contributed by atoms with Gasteiger partial charge in [-0.25, -0.2) is 0 Å². The molecule has 19 heavy (non-hydrogen) atoms. The number of nitrogens with one attached hydrogen (secondary N) is 1. The quantitative estimate of drug-likeness (QED) is 0.861. The highest BCUT2D eigenvalue weighted by Crippen LogP contribution is 2.19. The van der Waals surface area contributed by atoms with Gasteiger partial charge in [-0.3, -0.25) is 9.78 Å². The fourth-order valence-corrected chi connectivity index (χ4v) is 2.37. The van der Waals surface area contributed by atoms with Crippen LogP contribution in [0.2, 0.25) is 0 Å². The fourth-order valence-electron chi connectivity index (χ4n) is 2.37. The number of rotatable bonds is 4. The van der Waals surface area contributed by atoms with E-state index < -0.39 is 0 Å². The molecule has 0 radical (unpaired) electrons. The third-order valence-electron chi connectivity index (χ3n) is 3.50. The summed E-state index contributed by atoms with van der Waals surface area (Å²) in [6.45, 7) is 4.66. The molecule has 2 rings (SSSR count). The summed E-state index contributed by atoms with van der Waals surface area (Å²) in [7, 11) is 0. The third kappa shape index (κ3) is 3.44. The minimum Gasteiger partial charge on any atom is -0.505 e. The third-order valence-corrected chi connectivity index (χ3v) is 3.50. The van der Waals surface area contributed by atoms with E-state index in [4.69, 9.17) is 0 Å². The lowest BCUT2D eigenvalue weighted by Gasteiger charge is -2.32. The van der Waals surface area contributed by atoms with Gasteiger partial charge in [0.1, 0.15) is 5.75 Å². The summed E-state index contributed by atoms with van der Waals surface area (Å²) in [5.74, 6) is -0.146. The van der Waals surface area contributed by atoms with E-state index >= 15 is 0 Å². The second kappa shape index (κ2) is 6.52. The molecule has 1 aliphatic heterocycles. The van der Waals surface area contributed by atoms with Crippen molar-refractivity contribution in [2.45, 2.75) is 32.2 Å². The van der Waals surface area contributed by atoms with Crippen molar-refractivity contribution >= 4 is 5.91 Å². The first kappa shape index (κ1) is 13.8. The van der Waals surface area contributed by atoms with E-state index in [-0.39, 0.29) is 11.7 Å². The minimum absolute atomic E-state index is 0.0428. The van der Waals surface area contributed by atoms with Gasteiger partial charge < -0.3 is 15.3 Å². The van der Waals surface area contributed by atoms with Crippen molar-refractivity contribution < 1.29 is 9.90 Å². The molecule has 0 unspecified atom stereocenters. The summed E-state index contributed by atoms with van der Waals surface area (Å²) in [4.78, 5) is 17.9. The number of hydrogen-bond donors (Lipinski definition) is 2. The second-order valence-corrected chi connectivity index (χ2v) is 4.91. The van der Waals surface area contributed by atoms with Crippen LogP contribution in [0.4, 0.5) is 0 Å². The Hall–Kier alpha value is -1.62. The number of carbonyl (C=O) groups is 1. The number of carbonyl (C=O) groups excluding carboxylic acids is 1. The van der Waals surface area contributed by atoms with Crippen LogP contribution in [0, 0.1) is 0 Å². The molecule has 1 aliphatic rings. The number of likely N-dealkylation sites (tertiary alicyclic amines) is 1. The molecule has 1 aromatic rings. The van der Waals surface area contributed by atoms with Gasteiger partial charge in [-0.1, -0.05) is 6.92 Å². The van der Waals surface area contributed by atoms with Gasteiger partial charge in [0.25, 0.3) is 5.91 Å². The second-order valence-electron chi connectivity index (χ2n) is 4.91. The van der Waals surface area contributed by atoms with Gasteiger partial charge in [0.15, 0.2) is 0 Å². The van der Waals surface area contributed by atoms with Crippen molar-refractivity contribution in [1.29, 1.82) is 0 Å². The first-order valence-electron chi connectivity index (χ1n) is 6.88. The van der Waals surface area contributed by atoms with Gasteiger partial charge in [0.2, 0.25) is 0 Å². The van der Waals surface area contributed by atoms with E-state index in [0.29, 0.717) is 11.6 Å².